The zero-order valence-electron chi connectivity index (χ0n) is 9.58. The van der Waals surface area contributed by atoms with Crippen molar-refractivity contribution in [3.05, 3.63) is 0 Å². The minimum atomic E-state index is -3.60. The van der Waals surface area contributed by atoms with Crippen LogP contribution >= 0.6 is 0 Å². The molecule has 0 bridgehead atoms. The predicted molar refractivity (Wildman–Crippen MR) is 57.6 cm³/mol. The Morgan fingerprint density at radius 2 is 2.12 bits per heavy atom. The van der Waals surface area contributed by atoms with Crippen LogP contribution in [0.1, 0.15) is 20.3 Å². The number of hydrogen-bond donors (Lipinski definition) is 1. The number of carbonyl (C=O) groups is 1. The quantitative estimate of drug-likeness (QED) is 0.754. The van der Waals surface area contributed by atoms with Gasteiger partial charge >= 0.3 is 5.97 Å². The molecule has 0 radical (unpaired) electrons. The van der Waals surface area contributed by atoms with Crippen LogP contribution in [0.2, 0.25) is 0 Å². The van der Waals surface area contributed by atoms with Crippen LogP contribution in [0, 0.1) is 0 Å². The van der Waals surface area contributed by atoms with Crippen molar-refractivity contribution >= 4 is 16.0 Å². The fourth-order valence-corrected chi connectivity index (χ4v) is 3.61. The van der Waals surface area contributed by atoms with Gasteiger partial charge in [0.15, 0.2) is 0 Å². The average Bonchev–Trinajstić information content (AvgIpc) is 2.62. The Morgan fingerprint density at radius 1 is 1.56 bits per heavy atom. The van der Waals surface area contributed by atoms with Gasteiger partial charge in [-0.3, -0.25) is 4.79 Å². The van der Waals surface area contributed by atoms with E-state index >= 15 is 0 Å². The van der Waals surface area contributed by atoms with Gasteiger partial charge in [0.25, 0.3) is 0 Å². The Balaban J connectivity index is 2.89. The maximum atomic E-state index is 12.1. The lowest BCUT2D eigenvalue weighted by atomic mass is 10.3. The third kappa shape index (κ3) is 2.36. The summed E-state index contributed by atoms with van der Waals surface area (Å²) >= 11 is 0. The maximum Gasteiger partial charge on any atom is 0.321 e. The summed E-state index contributed by atoms with van der Waals surface area (Å²) in [7, 11) is -2.31. The molecule has 0 aromatic heterocycles. The van der Waals surface area contributed by atoms with Gasteiger partial charge in [-0.25, -0.2) is 8.42 Å². The number of rotatable bonds is 4. The van der Waals surface area contributed by atoms with Crippen LogP contribution in [0.3, 0.4) is 0 Å². The van der Waals surface area contributed by atoms with Gasteiger partial charge in [0.2, 0.25) is 10.0 Å². The SMILES string of the molecule is CC1OCCC1S(=O)(=O)N(C)C(C)C(=O)O. The van der Waals surface area contributed by atoms with Crippen molar-refractivity contribution in [1.29, 1.82) is 0 Å². The van der Waals surface area contributed by atoms with Crippen molar-refractivity contribution in [1.82, 2.24) is 4.31 Å². The van der Waals surface area contributed by atoms with E-state index in [1.54, 1.807) is 6.92 Å². The standard InChI is InChI=1S/C9H17NO5S/c1-6(9(11)12)10(3)16(13,14)8-4-5-15-7(8)2/h6-8H,4-5H2,1-3H3,(H,11,12). The third-order valence-electron chi connectivity index (χ3n) is 2.99. The van der Waals surface area contributed by atoms with Crippen molar-refractivity contribution in [2.75, 3.05) is 13.7 Å². The number of aliphatic carboxylic acids is 1. The Hall–Kier alpha value is -0.660. The van der Waals surface area contributed by atoms with Crippen LogP contribution < -0.4 is 0 Å². The highest BCUT2D eigenvalue weighted by atomic mass is 32.2. The second-order valence-corrected chi connectivity index (χ2v) is 6.19. The van der Waals surface area contributed by atoms with Gasteiger partial charge in [0.05, 0.1) is 6.10 Å². The summed E-state index contributed by atoms with van der Waals surface area (Å²) in [5.74, 6) is -1.15. The Bertz CT molecular complexity index is 366. The van der Waals surface area contributed by atoms with E-state index in [0.29, 0.717) is 13.0 Å². The normalized spacial score (nSPS) is 28.2. The Kier molecular flexibility index (Phi) is 3.92. The zero-order chi connectivity index (χ0) is 12.5. The maximum absolute atomic E-state index is 12.1. The Labute approximate surface area is 95.2 Å². The van der Waals surface area contributed by atoms with Gasteiger partial charge in [-0.05, 0) is 20.3 Å². The minimum Gasteiger partial charge on any atom is -0.480 e. The Morgan fingerprint density at radius 3 is 2.50 bits per heavy atom. The summed E-state index contributed by atoms with van der Waals surface area (Å²) < 4.78 is 30.2. The second kappa shape index (κ2) is 4.68. The molecule has 0 saturated carbocycles. The summed E-state index contributed by atoms with van der Waals surface area (Å²) in [5.41, 5.74) is 0. The summed E-state index contributed by atoms with van der Waals surface area (Å²) in [4.78, 5) is 10.7. The van der Waals surface area contributed by atoms with E-state index in [9.17, 15) is 13.2 Å². The number of sulfonamides is 1. The molecule has 0 aromatic carbocycles. The molecule has 7 heteroatoms. The highest BCUT2D eigenvalue weighted by Gasteiger charge is 2.41. The molecule has 6 nitrogen and oxygen atoms in total. The van der Waals surface area contributed by atoms with Gasteiger partial charge in [-0.2, -0.15) is 4.31 Å². The summed E-state index contributed by atoms with van der Waals surface area (Å²) in [6.45, 7) is 3.44. The first-order valence-electron chi connectivity index (χ1n) is 5.09. The number of hydrogen-bond acceptors (Lipinski definition) is 4. The molecule has 16 heavy (non-hydrogen) atoms. The number of likely N-dealkylation sites (N-methyl/N-ethyl adjacent to an activating group) is 1. The first-order valence-corrected chi connectivity index (χ1v) is 6.60. The molecule has 1 heterocycles. The highest BCUT2D eigenvalue weighted by Crippen LogP contribution is 2.24. The summed E-state index contributed by atoms with van der Waals surface area (Å²) in [6.07, 6.45) is 0.0358. The van der Waals surface area contributed by atoms with Crippen molar-refractivity contribution in [2.45, 2.75) is 37.7 Å². The molecule has 94 valence electrons. The minimum absolute atomic E-state index is 0.381. The molecular formula is C9H17NO5S. The van der Waals surface area contributed by atoms with Gasteiger partial charge in [-0.15, -0.1) is 0 Å². The van der Waals surface area contributed by atoms with Crippen LogP contribution in [-0.2, 0) is 19.6 Å². The topological polar surface area (TPSA) is 83.9 Å². The summed E-state index contributed by atoms with van der Waals surface area (Å²) in [6, 6.07) is -1.06. The zero-order valence-corrected chi connectivity index (χ0v) is 10.4. The monoisotopic (exact) mass is 251 g/mol. The lowest BCUT2D eigenvalue weighted by molar-refractivity contribution is -0.140. The van der Waals surface area contributed by atoms with E-state index in [1.807, 2.05) is 0 Å². The molecule has 0 spiro atoms. The smallest absolute Gasteiger partial charge is 0.321 e. The first-order chi connectivity index (χ1) is 7.28. The highest BCUT2D eigenvalue weighted by molar-refractivity contribution is 7.89. The van der Waals surface area contributed by atoms with Crippen LogP contribution in [-0.4, -0.2) is 54.8 Å². The molecular weight excluding hydrogens is 234 g/mol. The van der Waals surface area contributed by atoms with Crippen molar-refractivity contribution < 1.29 is 23.1 Å². The van der Waals surface area contributed by atoms with E-state index in [1.165, 1.54) is 14.0 Å². The molecule has 1 saturated heterocycles. The van der Waals surface area contributed by atoms with E-state index in [-0.39, 0.29) is 6.10 Å². The summed E-state index contributed by atoms with van der Waals surface area (Å²) in [5, 5.41) is 8.15. The van der Waals surface area contributed by atoms with Crippen LogP contribution in [0.25, 0.3) is 0 Å². The fraction of sp³-hybridized carbons (Fsp3) is 0.889. The molecule has 3 unspecified atom stereocenters. The van der Waals surface area contributed by atoms with Gasteiger partial charge < -0.3 is 9.84 Å². The first kappa shape index (κ1) is 13.4. The number of carboxylic acid groups (broad SMARTS) is 1. The molecule has 0 aromatic rings. The molecule has 1 fully saturated rings. The molecule has 1 aliphatic heterocycles. The molecule has 1 aliphatic rings. The average molecular weight is 251 g/mol. The van der Waals surface area contributed by atoms with E-state index < -0.39 is 27.3 Å². The molecule has 1 rings (SSSR count). The predicted octanol–water partition coefficient (Wildman–Crippen LogP) is -0.101. The largest absolute Gasteiger partial charge is 0.480 e. The van der Waals surface area contributed by atoms with Gasteiger partial charge in [-0.1, -0.05) is 0 Å². The van der Waals surface area contributed by atoms with E-state index in [4.69, 9.17) is 9.84 Å². The molecule has 3 atom stereocenters. The number of ether oxygens (including phenoxy) is 1. The fourth-order valence-electron chi connectivity index (χ4n) is 1.69. The van der Waals surface area contributed by atoms with Crippen LogP contribution in [0.4, 0.5) is 0 Å². The third-order valence-corrected chi connectivity index (χ3v) is 5.50. The number of carboxylic acids is 1. The lowest BCUT2D eigenvalue weighted by Crippen LogP contribution is -2.46. The van der Waals surface area contributed by atoms with Crippen molar-refractivity contribution in [3.63, 3.8) is 0 Å². The van der Waals surface area contributed by atoms with E-state index in [2.05, 4.69) is 0 Å². The van der Waals surface area contributed by atoms with Crippen LogP contribution in [0.5, 0.6) is 0 Å². The molecule has 0 amide bonds. The van der Waals surface area contributed by atoms with Crippen molar-refractivity contribution in [3.8, 4) is 0 Å². The van der Waals surface area contributed by atoms with E-state index in [0.717, 1.165) is 4.31 Å². The molecule has 0 aliphatic carbocycles. The second-order valence-electron chi connectivity index (χ2n) is 3.98. The van der Waals surface area contributed by atoms with Gasteiger partial charge in [0, 0.05) is 13.7 Å². The lowest BCUT2D eigenvalue weighted by Gasteiger charge is -2.25. The van der Waals surface area contributed by atoms with Crippen molar-refractivity contribution in [2.24, 2.45) is 0 Å². The van der Waals surface area contributed by atoms with Gasteiger partial charge in [0.1, 0.15) is 11.3 Å². The molecule has 1 N–H and O–H groups in total. The number of nitrogens with zero attached hydrogens (tertiary/aromatic N) is 1. The van der Waals surface area contributed by atoms with Crippen LogP contribution in [0.15, 0.2) is 0 Å².